The quantitative estimate of drug-likeness (QED) is 0.537. The van der Waals surface area contributed by atoms with E-state index in [0.717, 1.165) is 23.5 Å². The molecule has 0 saturated carbocycles. The molecule has 7 heteroatoms. The monoisotopic (exact) mass is 429 g/mol. The number of rotatable bonds is 7. The molecule has 1 amide bonds. The Balaban J connectivity index is 1.91. The van der Waals surface area contributed by atoms with Crippen molar-refractivity contribution in [2.45, 2.75) is 38.8 Å². The van der Waals surface area contributed by atoms with Gasteiger partial charge in [0.25, 0.3) is 0 Å². The fourth-order valence-corrected chi connectivity index (χ4v) is 3.34. The zero-order valence-corrected chi connectivity index (χ0v) is 17.7. The Hall–Kier alpha value is -2.99. The van der Waals surface area contributed by atoms with Crippen molar-refractivity contribution in [3.8, 4) is 0 Å². The van der Waals surface area contributed by atoms with Gasteiger partial charge in [0.2, 0.25) is 0 Å². The topological polar surface area (TPSA) is 65.1 Å². The van der Waals surface area contributed by atoms with E-state index in [-0.39, 0.29) is 6.61 Å². The first kappa shape index (κ1) is 21.7. The molecule has 0 fully saturated rings. The summed E-state index contributed by atoms with van der Waals surface area (Å²) in [6, 6.07) is 15.4. The molecule has 3 rings (SSSR count). The molecule has 1 unspecified atom stereocenters. The first-order valence-electron chi connectivity index (χ1n) is 9.79. The van der Waals surface area contributed by atoms with Gasteiger partial charge in [0, 0.05) is 11.4 Å². The Kier molecular flexibility index (Phi) is 7.36. The largest absolute Gasteiger partial charge is 0.465 e. The van der Waals surface area contributed by atoms with E-state index in [1.165, 1.54) is 7.11 Å². The number of esters is 1. The molecular weight excluding hydrogens is 406 g/mol. The highest BCUT2D eigenvalue weighted by molar-refractivity contribution is 6.30. The highest BCUT2D eigenvalue weighted by Gasteiger charge is 2.44. The van der Waals surface area contributed by atoms with Gasteiger partial charge in [0.15, 0.2) is 0 Å². The Morgan fingerprint density at radius 3 is 2.43 bits per heavy atom. The second kappa shape index (κ2) is 10.2. The average molecular weight is 430 g/mol. The highest BCUT2D eigenvalue weighted by atomic mass is 35.5. The predicted octanol–water partition coefficient (Wildman–Crippen LogP) is 5.58. The maximum absolute atomic E-state index is 12.9. The lowest BCUT2D eigenvalue weighted by Crippen LogP contribution is -2.32. The van der Waals surface area contributed by atoms with Crippen LogP contribution in [0.3, 0.4) is 0 Å². The van der Waals surface area contributed by atoms with Gasteiger partial charge in [0.1, 0.15) is 24.0 Å². The Bertz CT molecular complexity index is 911. The molecule has 1 aliphatic rings. The minimum absolute atomic E-state index is 0.0880. The smallest absolute Gasteiger partial charge is 0.444 e. The van der Waals surface area contributed by atoms with E-state index in [1.807, 2.05) is 37.3 Å². The van der Waals surface area contributed by atoms with Gasteiger partial charge in [-0.3, -0.25) is 0 Å². The number of halogens is 1. The Labute approximate surface area is 180 Å². The molecule has 30 heavy (non-hydrogen) atoms. The molecule has 1 heterocycles. The summed E-state index contributed by atoms with van der Waals surface area (Å²) in [5, 5.41) is 1.65. The number of amides is 1. The molecule has 0 saturated heterocycles. The summed E-state index contributed by atoms with van der Waals surface area (Å²) in [6.45, 7) is 2.13. The van der Waals surface area contributed by atoms with Crippen molar-refractivity contribution in [2.75, 3.05) is 7.11 Å². The van der Waals surface area contributed by atoms with E-state index in [9.17, 15) is 9.59 Å². The number of carbonyl (C=O) groups is 2. The van der Waals surface area contributed by atoms with Crippen molar-refractivity contribution >= 4 is 23.7 Å². The SMILES string of the molecule is CCCCC1=C(C(=O)OC)C(c2ccc(Cl)cc2)N(C(=O)OCc2ccccc2)O1. The molecule has 0 spiro atoms. The van der Waals surface area contributed by atoms with Gasteiger partial charge in [-0.1, -0.05) is 67.4 Å². The average Bonchev–Trinajstić information content (AvgIpc) is 3.16. The number of hydrogen-bond acceptors (Lipinski definition) is 5. The van der Waals surface area contributed by atoms with Crippen LogP contribution in [0.2, 0.25) is 5.02 Å². The number of hydroxylamine groups is 2. The van der Waals surface area contributed by atoms with Crippen LogP contribution in [-0.2, 0) is 25.7 Å². The van der Waals surface area contributed by atoms with Gasteiger partial charge in [-0.2, -0.15) is 0 Å². The number of unbranched alkanes of at least 4 members (excludes halogenated alkanes) is 1. The second-order valence-corrected chi connectivity index (χ2v) is 7.28. The van der Waals surface area contributed by atoms with E-state index in [1.54, 1.807) is 24.3 Å². The van der Waals surface area contributed by atoms with Crippen LogP contribution in [0.4, 0.5) is 4.79 Å². The molecule has 0 N–H and O–H groups in total. The Morgan fingerprint density at radius 2 is 1.80 bits per heavy atom. The molecule has 0 radical (unpaired) electrons. The molecule has 0 bridgehead atoms. The maximum Gasteiger partial charge on any atom is 0.444 e. The molecule has 0 aromatic heterocycles. The van der Waals surface area contributed by atoms with Gasteiger partial charge in [-0.05, 0) is 29.7 Å². The van der Waals surface area contributed by atoms with Crippen molar-refractivity contribution in [3.05, 3.63) is 82.1 Å². The number of methoxy groups -OCH3 is 1. The van der Waals surface area contributed by atoms with Crippen LogP contribution >= 0.6 is 11.6 Å². The third kappa shape index (κ3) is 4.94. The number of benzene rings is 2. The molecular formula is C23H24ClNO5. The summed E-state index contributed by atoms with van der Waals surface area (Å²) in [4.78, 5) is 31.4. The lowest BCUT2D eigenvalue weighted by atomic mass is 9.97. The van der Waals surface area contributed by atoms with Gasteiger partial charge in [-0.15, -0.1) is 5.06 Å². The number of hydrogen-bond donors (Lipinski definition) is 0. The lowest BCUT2D eigenvalue weighted by molar-refractivity contribution is -0.137. The predicted molar refractivity (Wildman–Crippen MR) is 112 cm³/mol. The van der Waals surface area contributed by atoms with Crippen molar-refractivity contribution in [3.63, 3.8) is 0 Å². The van der Waals surface area contributed by atoms with Crippen LogP contribution in [-0.4, -0.2) is 24.2 Å². The van der Waals surface area contributed by atoms with Crippen LogP contribution in [0.1, 0.15) is 43.4 Å². The lowest BCUT2D eigenvalue weighted by Gasteiger charge is -2.24. The summed E-state index contributed by atoms with van der Waals surface area (Å²) < 4.78 is 10.5. The highest BCUT2D eigenvalue weighted by Crippen LogP contribution is 2.41. The first-order valence-corrected chi connectivity index (χ1v) is 10.2. The number of nitrogens with zero attached hydrogens (tertiary/aromatic N) is 1. The molecule has 6 nitrogen and oxygen atoms in total. The summed E-state index contributed by atoms with van der Waals surface area (Å²) in [5.74, 6) is -0.125. The van der Waals surface area contributed by atoms with E-state index >= 15 is 0 Å². The van der Waals surface area contributed by atoms with Gasteiger partial charge < -0.3 is 14.3 Å². The third-order valence-electron chi connectivity index (χ3n) is 4.75. The minimum atomic E-state index is -0.787. The van der Waals surface area contributed by atoms with Crippen LogP contribution < -0.4 is 0 Å². The minimum Gasteiger partial charge on any atom is -0.465 e. The zero-order valence-electron chi connectivity index (χ0n) is 17.0. The van der Waals surface area contributed by atoms with E-state index in [4.69, 9.17) is 25.9 Å². The van der Waals surface area contributed by atoms with Gasteiger partial charge in [-0.25, -0.2) is 9.59 Å². The number of carbonyl (C=O) groups excluding carboxylic acids is 2. The Morgan fingerprint density at radius 1 is 1.10 bits per heavy atom. The summed E-state index contributed by atoms with van der Waals surface area (Å²) in [7, 11) is 1.31. The van der Waals surface area contributed by atoms with E-state index < -0.39 is 18.1 Å². The fourth-order valence-electron chi connectivity index (χ4n) is 3.22. The van der Waals surface area contributed by atoms with E-state index in [2.05, 4.69) is 0 Å². The molecule has 0 aliphatic carbocycles. The van der Waals surface area contributed by atoms with Crippen LogP contribution in [0, 0.1) is 0 Å². The van der Waals surface area contributed by atoms with Gasteiger partial charge in [0.05, 0.1) is 7.11 Å². The fraction of sp³-hybridized carbons (Fsp3) is 0.304. The summed E-state index contributed by atoms with van der Waals surface area (Å²) in [5.41, 5.74) is 1.81. The van der Waals surface area contributed by atoms with E-state index in [0.29, 0.717) is 28.3 Å². The molecule has 2 aromatic carbocycles. The van der Waals surface area contributed by atoms with Crippen molar-refractivity contribution in [2.24, 2.45) is 0 Å². The molecule has 2 aromatic rings. The standard InChI is InChI=1S/C23H24ClNO5/c1-3-4-10-19-20(22(26)28-2)21(17-11-13-18(24)14-12-17)25(30-19)23(27)29-15-16-8-6-5-7-9-16/h5-9,11-14,21H,3-4,10,15H2,1-2H3. The van der Waals surface area contributed by atoms with Crippen molar-refractivity contribution < 1.29 is 23.9 Å². The van der Waals surface area contributed by atoms with Crippen molar-refractivity contribution in [1.29, 1.82) is 0 Å². The van der Waals surface area contributed by atoms with Gasteiger partial charge >= 0.3 is 12.1 Å². The molecule has 158 valence electrons. The third-order valence-corrected chi connectivity index (χ3v) is 5.00. The first-order chi connectivity index (χ1) is 14.5. The molecule has 1 atom stereocenters. The van der Waals surface area contributed by atoms with Crippen molar-refractivity contribution in [1.82, 2.24) is 5.06 Å². The second-order valence-electron chi connectivity index (χ2n) is 6.84. The van der Waals surface area contributed by atoms with Crippen LogP contribution in [0.15, 0.2) is 65.9 Å². The normalized spacial score (nSPS) is 15.7. The van der Waals surface area contributed by atoms with Crippen LogP contribution in [0.25, 0.3) is 0 Å². The number of allylic oxidation sites excluding steroid dienone is 1. The number of ether oxygens (including phenoxy) is 2. The maximum atomic E-state index is 12.9. The summed E-state index contributed by atoms with van der Waals surface area (Å²) in [6.07, 6.45) is 1.53. The zero-order chi connectivity index (χ0) is 21.5. The molecule has 1 aliphatic heterocycles. The summed E-state index contributed by atoms with van der Waals surface area (Å²) >= 11 is 6.02. The van der Waals surface area contributed by atoms with Crippen LogP contribution in [0.5, 0.6) is 0 Å².